The maximum absolute atomic E-state index is 13.2. The fourth-order valence-electron chi connectivity index (χ4n) is 1.96. The molecule has 1 aromatic carbocycles. The molecule has 25 heavy (non-hydrogen) atoms. The number of carbonyl (C=O) groups is 2. The van der Waals surface area contributed by atoms with Crippen molar-refractivity contribution in [3.8, 4) is 11.9 Å². The summed E-state index contributed by atoms with van der Waals surface area (Å²) in [6.45, 7) is 2.29. The van der Waals surface area contributed by atoms with E-state index in [1.165, 1.54) is 6.07 Å². The van der Waals surface area contributed by atoms with Crippen molar-refractivity contribution >= 4 is 17.5 Å². The molecule has 1 heterocycles. The molecule has 0 aliphatic heterocycles. The van der Waals surface area contributed by atoms with Gasteiger partial charge in [-0.1, -0.05) is 6.07 Å². The van der Waals surface area contributed by atoms with Crippen LogP contribution in [0.3, 0.4) is 0 Å². The van der Waals surface area contributed by atoms with E-state index in [2.05, 4.69) is 15.6 Å². The number of aromatic nitrogens is 1. The number of amides is 2. The average molecular weight is 342 g/mol. The van der Waals surface area contributed by atoms with E-state index < -0.39 is 17.6 Å². The van der Waals surface area contributed by atoms with Crippen LogP contribution in [-0.4, -0.2) is 23.4 Å². The predicted octanol–water partition coefficient (Wildman–Crippen LogP) is 1.75. The molecule has 0 spiro atoms. The van der Waals surface area contributed by atoms with E-state index >= 15 is 0 Å². The smallest absolute Gasteiger partial charge is 0.313 e. The van der Waals surface area contributed by atoms with Crippen LogP contribution >= 0.6 is 0 Å². The van der Waals surface area contributed by atoms with Crippen LogP contribution in [0, 0.1) is 17.1 Å². The number of nitriles is 1. The lowest BCUT2D eigenvalue weighted by molar-refractivity contribution is -0.136. The van der Waals surface area contributed by atoms with Crippen LogP contribution in [0.5, 0.6) is 5.88 Å². The van der Waals surface area contributed by atoms with Gasteiger partial charge in [0.05, 0.1) is 12.2 Å². The monoisotopic (exact) mass is 342 g/mol. The van der Waals surface area contributed by atoms with Gasteiger partial charge < -0.3 is 15.4 Å². The first-order valence-corrected chi connectivity index (χ1v) is 7.40. The van der Waals surface area contributed by atoms with Crippen LogP contribution in [0.2, 0.25) is 0 Å². The number of hydrogen-bond donors (Lipinski definition) is 2. The summed E-state index contributed by atoms with van der Waals surface area (Å²) < 4.78 is 18.6. The molecule has 7 nitrogen and oxygen atoms in total. The van der Waals surface area contributed by atoms with Crippen molar-refractivity contribution < 1.29 is 18.7 Å². The zero-order chi connectivity index (χ0) is 18.2. The maximum atomic E-state index is 13.2. The summed E-state index contributed by atoms with van der Waals surface area (Å²) in [4.78, 5) is 27.8. The van der Waals surface area contributed by atoms with Crippen molar-refractivity contribution in [2.45, 2.75) is 13.5 Å². The Bertz CT molecular complexity index is 833. The van der Waals surface area contributed by atoms with Gasteiger partial charge >= 0.3 is 11.8 Å². The molecular weight excluding hydrogens is 327 g/mol. The number of halogens is 1. The lowest BCUT2D eigenvalue weighted by Crippen LogP contribution is -2.35. The van der Waals surface area contributed by atoms with E-state index in [1.54, 1.807) is 24.4 Å². The van der Waals surface area contributed by atoms with Gasteiger partial charge in [0.2, 0.25) is 5.88 Å². The van der Waals surface area contributed by atoms with E-state index in [1.807, 2.05) is 6.92 Å². The Morgan fingerprint density at radius 2 is 2.12 bits per heavy atom. The van der Waals surface area contributed by atoms with Crippen molar-refractivity contribution in [3.05, 3.63) is 53.5 Å². The minimum atomic E-state index is -0.933. The number of ether oxygens (including phenoxy) is 1. The van der Waals surface area contributed by atoms with E-state index in [4.69, 9.17) is 10.00 Å². The normalized spacial score (nSPS) is 9.80. The Morgan fingerprint density at radius 1 is 1.32 bits per heavy atom. The van der Waals surface area contributed by atoms with Gasteiger partial charge in [-0.15, -0.1) is 0 Å². The number of pyridine rings is 1. The Kier molecular flexibility index (Phi) is 6.01. The van der Waals surface area contributed by atoms with Gasteiger partial charge in [-0.2, -0.15) is 5.26 Å². The molecule has 0 aliphatic carbocycles. The third-order valence-corrected chi connectivity index (χ3v) is 3.12. The van der Waals surface area contributed by atoms with E-state index in [0.29, 0.717) is 18.1 Å². The lowest BCUT2D eigenvalue weighted by atomic mass is 10.2. The fourth-order valence-corrected chi connectivity index (χ4v) is 1.96. The molecule has 0 aliphatic rings. The summed E-state index contributed by atoms with van der Waals surface area (Å²) in [5.41, 5.74) is 0.545. The Labute approximate surface area is 143 Å². The largest absolute Gasteiger partial charge is 0.478 e. The highest BCUT2D eigenvalue weighted by Crippen LogP contribution is 2.15. The molecule has 2 aromatic rings. The molecule has 2 N–H and O–H groups in total. The van der Waals surface area contributed by atoms with Crippen molar-refractivity contribution in [1.29, 1.82) is 5.26 Å². The van der Waals surface area contributed by atoms with Gasteiger partial charge in [0, 0.05) is 24.0 Å². The Hall–Kier alpha value is -3.47. The molecule has 0 fully saturated rings. The topological polar surface area (TPSA) is 104 Å². The first kappa shape index (κ1) is 17.9. The van der Waals surface area contributed by atoms with E-state index in [-0.39, 0.29) is 17.8 Å². The second-order valence-electron chi connectivity index (χ2n) is 4.84. The predicted molar refractivity (Wildman–Crippen MR) is 87.0 cm³/mol. The summed E-state index contributed by atoms with van der Waals surface area (Å²) in [6, 6.07) is 8.50. The highest BCUT2D eigenvalue weighted by atomic mass is 19.1. The number of anilines is 1. The van der Waals surface area contributed by atoms with Crippen LogP contribution < -0.4 is 15.4 Å². The maximum Gasteiger partial charge on any atom is 0.313 e. The van der Waals surface area contributed by atoms with Gasteiger partial charge in [0.15, 0.2) is 0 Å². The number of rotatable bonds is 5. The van der Waals surface area contributed by atoms with Crippen molar-refractivity contribution in [2.24, 2.45) is 0 Å². The summed E-state index contributed by atoms with van der Waals surface area (Å²) in [6.07, 6.45) is 1.56. The highest BCUT2D eigenvalue weighted by Gasteiger charge is 2.15. The highest BCUT2D eigenvalue weighted by molar-refractivity contribution is 6.39. The number of nitrogens with one attached hydrogen (secondary N) is 2. The van der Waals surface area contributed by atoms with E-state index in [0.717, 1.165) is 12.1 Å². The first-order chi connectivity index (χ1) is 12.0. The summed E-state index contributed by atoms with van der Waals surface area (Å²) in [5, 5.41) is 13.5. The minimum absolute atomic E-state index is 0.0578. The molecule has 0 radical (unpaired) electrons. The zero-order valence-electron chi connectivity index (χ0n) is 13.4. The molecule has 2 rings (SSSR count). The number of benzene rings is 1. The Morgan fingerprint density at radius 3 is 2.84 bits per heavy atom. The van der Waals surface area contributed by atoms with Crippen LogP contribution in [0.15, 0.2) is 36.5 Å². The van der Waals surface area contributed by atoms with Crippen molar-refractivity contribution in [1.82, 2.24) is 10.3 Å². The number of nitrogens with zero attached hydrogens (tertiary/aromatic N) is 2. The molecule has 1 aromatic heterocycles. The number of hydrogen-bond acceptors (Lipinski definition) is 5. The summed E-state index contributed by atoms with van der Waals surface area (Å²) >= 11 is 0. The van der Waals surface area contributed by atoms with Crippen molar-refractivity contribution in [2.75, 3.05) is 11.9 Å². The van der Waals surface area contributed by atoms with Crippen LogP contribution in [0.25, 0.3) is 0 Å². The standard InChI is InChI=1S/C17H15FN4O3/c1-2-25-17-11(4-3-7-20-17)10-21-15(23)16(24)22-13-5-6-14(18)12(8-13)9-19/h3-8H,2,10H2,1H3,(H,21,23)(H,22,24). The molecule has 0 saturated carbocycles. The van der Waals surface area contributed by atoms with Gasteiger partial charge in [0.25, 0.3) is 0 Å². The third-order valence-electron chi connectivity index (χ3n) is 3.12. The van der Waals surface area contributed by atoms with E-state index in [9.17, 15) is 14.0 Å². The molecular formula is C17H15FN4O3. The van der Waals surface area contributed by atoms with Crippen molar-refractivity contribution in [3.63, 3.8) is 0 Å². The quantitative estimate of drug-likeness (QED) is 0.806. The molecule has 2 amide bonds. The number of carbonyl (C=O) groups excluding carboxylic acids is 2. The lowest BCUT2D eigenvalue weighted by Gasteiger charge is -2.10. The fraction of sp³-hybridized carbons (Fsp3) is 0.176. The molecule has 128 valence electrons. The molecule has 0 bridgehead atoms. The third kappa shape index (κ3) is 4.75. The van der Waals surface area contributed by atoms with Crippen LogP contribution in [0.1, 0.15) is 18.1 Å². The van der Waals surface area contributed by atoms with Gasteiger partial charge in [-0.3, -0.25) is 9.59 Å². The second-order valence-corrected chi connectivity index (χ2v) is 4.84. The van der Waals surface area contributed by atoms with Crippen LogP contribution in [-0.2, 0) is 16.1 Å². The molecule has 0 atom stereocenters. The van der Waals surface area contributed by atoms with Gasteiger partial charge in [-0.05, 0) is 31.2 Å². The van der Waals surface area contributed by atoms with Gasteiger partial charge in [-0.25, -0.2) is 9.37 Å². The van der Waals surface area contributed by atoms with Crippen LogP contribution in [0.4, 0.5) is 10.1 Å². The second kappa shape index (κ2) is 8.40. The molecule has 0 unspecified atom stereocenters. The zero-order valence-corrected chi connectivity index (χ0v) is 13.4. The SMILES string of the molecule is CCOc1ncccc1CNC(=O)C(=O)Nc1ccc(F)c(C#N)c1. The Balaban J connectivity index is 1.97. The first-order valence-electron chi connectivity index (χ1n) is 7.40. The van der Waals surface area contributed by atoms with Gasteiger partial charge in [0.1, 0.15) is 11.9 Å². The minimum Gasteiger partial charge on any atom is -0.478 e. The molecule has 8 heteroatoms. The molecule has 0 saturated heterocycles. The summed E-state index contributed by atoms with van der Waals surface area (Å²) in [5.74, 6) is -2.14. The summed E-state index contributed by atoms with van der Waals surface area (Å²) in [7, 11) is 0. The average Bonchev–Trinajstić information content (AvgIpc) is 2.62.